The van der Waals surface area contributed by atoms with E-state index in [0.29, 0.717) is 0 Å². The van der Waals surface area contributed by atoms with Crippen molar-refractivity contribution < 1.29 is 25.5 Å². The molecule has 0 amide bonds. The average molecular weight is 166 g/mol. The third kappa shape index (κ3) is 3.13. The highest BCUT2D eigenvalue weighted by atomic mass is 16.4. The molecule has 0 bridgehead atoms. The molecule has 0 aromatic rings. The van der Waals surface area contributed by atoms with E-state index in [1.54, 1.807) is 0 Å². The van der Waals surface area contributed by atoms with E-state index in [1.165, 1.54) is 6.92 Å². The van der Waals surface area contributed by atoms with Crippen LogP contribution in [0.3, 0.4) is 0 Å². The van der Waals surface area contributed by atoms with Crippen molar-refractivity contribution in [2.75, 3.05) is 6.61 Å². The molecule has 0 aliphatic rings. The summed E-state index contributed by atoms with van der Waals surface area (Å²) in [6.07, 6.45) is -5.50. The molecule has 0 radical (unpaired) electrons. The molecule has 4 atom stereocenters. The fourth-order valence-corrected chi connectivity index (χ4v) is 0.621. The molecule has 0 heterocycles. The predicted octanol–water partition coefficient (Wildman–Crippen LogP) is -2.56. The Bertz CT molecular complexity index is 105. The van der Waals surface area contributed by atoms with Gasteiger partial charge in [-0.05, 0) is 6.92 Å². The van der Waals surface area contributed by atoms with Crippen LogP contribution in [-0.4, -0.2) is 56.6 Å². The second kappa shape index (κ2) is 4.63. The van der Waals surface area contributed by atoms with Crippen LogP contribution >= 0.6 is 0 Å². The molecule has 0 saturated carbocycles. The molecule has 5 heteroatoms. The lowest BCUT2D eigenvalue weighted by Gasteiger charge is -2.23. The molecule has 0 aliphatic carbocycles. The van der Waals surface area contributed by atoms with Crippen LogP contribution in [0.4, 0.5) is 0 Å². The second-order valence-corrected chi connectivity index (χ2v) is 2.47. The summed E-state index contributed by atoms with van der Waals surface area (Å²) < 4.78 is 0. The van der Waals surface area contributed by atoms with E-state index in [0.717, 1.165) is 0 Å². The normalized spacial score (nSPS) is 22.4. The summed E-state index contributed by atoms with van der Waals surface area (Å²) in [4.78, 5) is 0. The Labute approximate surface area is 64.5 Å². The van der Waals surface area contributed by atoms with Crippen LogP contribution in [0, 0.1) is 0 Å². The third-order valence-corrected chi connectivity index (χ3v) is 1.43. The molecule has 5 N–H and O–H groups in total. The highest BCUT2D eigenvalue weighted by Gasteiger charge is 2.27. The van der Waals surface area contributed by atoms with Crippen LogP contribution < -0.4 is 0 Å². The molecule has 0 fully saturated rings. The van der Waals surface area contributed by atoms with E-state index in [1.807, 2.05) is 0 Å². The number of aliphatic hydroxyl groups is 5. The van der Waals surface area contributed by atoms with Gasteiger partial charge in [-0.25, -0.2) is 0 Å². The number of rotatable bonds is 4. The van der Waals surface area contributed by atoms with Gasteiger partial charge in [0.2, 0.25) is 0 Å². The third-order valence-electron chi connectivity index (χ3n) is 1.43. The first-order valence-corrected chi connectivity index (χ1v) is 3.33. The van der Waals surface area contributed by atoms with Gasteiger partial charge in [-0.3, -0.25) is 0 Å². The summed E-state index contributed by atoms with van der Waals surface area (Å²) in [7, 11) is 0. The molecule has 0 rings (SSSR count). The maximum absolute atomic E-state index is 8.94. The molecule has 0 saturated heterocycles. The minimum Gasteiger partial charge on any atom is -0.394 e. The summed E-state index contributed by atoms with van der Waals surface area (Å²) in [5.74, 6) is 0. The molecule has 0 aromatic carbocycles. The van der Waals surface area contributed by atoms with Gasteiger partial charge in [0.1, 0.15) is 18.3 Å². The minimum absolute atomic E-state index is 0.648. The fraction of sp³-hybridized carbons (Fsp3) is 1.00. The zero-order chi connectivity index (χ0) is 9.02. The van der Waals surface area contributed by atoms with E-state index in [-0.39, 0.29) is 0 Å². The van der Waals surface area contributed by atoms with E-state index in [4.69, 9.17) is 25.5 Å². The summed E-state index contributed by atoms with van der Waals surface area (Å²) in [5, 5.41) is 43.7. The Hall–Kier alpha value is -0.200. The number of aliphatic hydroxyl groups excluding tert-OH is 5. The van der Waals surface area contributed by atoms with Crippen molar-refractivity contribution in [1.29, 1.82) is 0 Å². The van der Waals surface area contributed by atoms with Crippen molar-refractivity contribution >= 4 is 0 Å². The monoisotopic (exact) mass is 166 g/mol. The average Bonchev–Trinajstić information content (AvgIpc) is 2.00. The van der Waals surface area contributed by atoms with Crippen LogP contribution in [0.1, 0.15) is 6.92 Å². The molecule has 0 aliphatic heterocycles. The summed E-state index contributed by atoms with van der Waals surface area (Å²) in [6, 6.07) is 0. The molecule has 0 aromatic heterocycles. The zero-order valence-electron chi connectivity index (χ0n) is 6.25. The first-order valence-electron chi connectivity index (χ1n) is 3.33. The lowest BCUT2D eigenvalue weighted by Crippen LogP contribution is -2.44. The Morgan fingerprint density at radius 3 is 1.73 bits per heavy atom. The summed E-state index contributed by atoms with van der Waals surface area (Å²) in [5.41, 5.74) is 0. The smallest absolute Gasteiger partial charge is 0.110 e. The van der Waals surface area contributed by atoms with Crippen molar-refractivity contribution in [3.63, 3.8) is 0 Å². The van der Waals surface area contributed by atoms with Gasteiger partial charge in [0.05, 0.1) is 12.7 Å². The fourth-order valence-electron chi connectivity index (χ4n) is 0.621. The van der Waals surface area contributed by atoms with Gasteiger partial charge in [0.25, 0.3) is 0 Å². The molecule has 3 unspecified atom stereocenters. The molecule has 0 spiro atoms. The van der Waals surface area contributed by atoms with E-state index in [9.17, 15) is 0 Å². The van der Waals surface area contributed by atoms with Crippen molar-refractivity contribution in [2.24, 2.45) is 0 Å². The van der Waals surface area contributed by atoms with Crippen LogP contribution in [0.2, 0.25) is 0 Å². The summed E-state index contributed by atoms with van der Waals surface area (Å²) in [6.45, 7) is 0.628. The van der Waals surface area contributed by atoms with Crippen molar-refractivity contribution in [3.8, 4) is 0 Å². The zero-order valence-corrected chi connectivity index (χ0v) is 6.25. The number of hydrogen-bond acceptors (Lipinski definition) is 5. The lowest BCUT2D eigenvalue weighted by molar-refractivity contribution is -0.110. The molecule has 68 valence electrons. The highest BCUT2D eigenvalue weighted by molar-refractivity contribution is 4.77. The Kier molecular flexibility index (Phi) is 4.55. The van der Waals surface area contributed by atoms with Gasteiger partial charge in [-0.1, -0.05) is 0 Å². The van der Waals surface area contributed by atoms with Crippen LogP contribution in [0.25, 0.3) is 0 Å². The van der Waals surface area contributed by atoms with Gasteiger partial charge >= 0.3 is 0 Å². The maximum Gasteiger partial charge on any atom is 0.110 e. The predicted molar refractivity (Wildman–Crippen MR) is 36.8 cm³/mol. The van der Waals surface area contributed by atoms with Gasteiger partial charge in [-0.2, -0.15) is 0 Å². The standard InChI is InChI=1S/C6H14O5/c1-3(8)5(10)6(11)4(9)2-7/h3-11H,2H2,1H3/t3?,4-,5?,6?/m1/s1. The van der Waals surface area contributed by atoms with E-state index < -0.39 is 31.0 Å². The van der Waals surface area contributed by atoms with Gasteiger partial charge in [0, 0.05) is 0 Å². The van der Waals surface area contributed by atoms with Crippen LogP contribution in [0.5, 0.6) is 0 Å². The Morgan fingerprint density at radius 1 is 1.00 bits per heavy atom. The van der Waals surface area contributed by atoms with Gasteiger partial charge in [-0.15, -0.1) is 0 Å². The van der Waals surface area contributed by atoms with Crippen LogP contribution in [-0.2, 0) is 0 Å². The van der Waals surface area contributed by atoms with Gasteiger partial charge < -0.3 is 25.5 Å². The Balaban J connectivity index is 3.90. The Morgan fingerprint density at radius 2 is 1.45 bits per heavy atom. The van der Waals surface area contributed by atoms with Crippen LogP contribution in [0.15, 0.2) is 0 Å². The van der Waals surface area contributed by atoms with E-state index >= 15 is 0 Å². The van der Waals surface area contributed by atoms with Crippen molar-refractivity contribution in [1.82, 2.24) is 0 Å². The highest BCUT2D eigenvalue weighted by Crippen LogP contribution is 2.03. The molecule has 5 nitrogen and oxygen atoms in total. The number of hydrogen-bond donors (Lipinski definition) is 5. The molecule has 11 heavy (non-hydrogen) atoms. The van der Waals surface area contributed by atoms with Crippen molar-refractivity contribution in [2.45, 2.75) is 31.3 Å². The molecular weight excluding hydrogens is 152 g/mol. The molecular formula is C6H14O5. The first kappa shape index (κ1) is 10.8. The minimum atomic E-state index is -1.51. The quantitative estimate of drug-likeness (QED) is 0.316. The van der Waals surface area contributed by atoms with E-state index in [2.05, 4.69) is 0 Å². The largest absolute Gasteiger partial charge is 0.394 e. The lowest BCUT2D eigenvalue weighted by atomic mass is 10.1. The van der Waals surface area contributed by atoms with Crippen molar-refractivity contribution in [3.05, 3.63) is 0 Å². The topological polar surface area (TPSA) is 101 Å². The maximum atomic E-state index is 8.94. The second-order valence-electron chi connectivity index (χ2n) is 2.47. The SMILES string of the molecule is CC(O)C(O)C(O)[C@H](O)CO. The first-order chi connectivity index (χ1) is 5.00. The summed E-state index contributed by atoms with van der Waals surface area (Å²) >= 11 is 0. The van der Waals surface area contributed by atoms with Gasteiger partial charge in [0.15, 0.2) is 0 Å².